The average Bonchev–Trinajstić information content (AvgIpc) is 1.87. The van der Waals surface area contributed by atoms with Gasteiger partial charge in [0.05, 0.1) is 13.2 Å². The lowest BCUT2D eigenvalue weighted by Gasteiger charge is -2.13. The molecular formula is C5H10NO4. The molecule has 0 aliphatic heterocycles. The Bertz CT molecular complexity index is 99.8. The van der Waals surface area contributed by atoms with Crippen LogP contribution in [0.5, 0.6) is 0 Å². The van der Waals surface area contributed by atoms with Crippen LogP contribution >= 0.6 is 0 Å². The first-order chi connectivity index (χ1) is 4.72. The highest BCUT2D eigenvalue weighted by atomic mass is 16.4. The van der Waals surface area contributed by atoms with Crippen LogP contribution in [-0.4, -0.2) is 47.5 Å². The average molecular weight is 148 g/mol. The second kappa shape index (κ2) is 5.01. The molecule has 0 aromatic heterocycles. The van der Waals surface area contributed by atoms with Crippen LogP contribution in [0.1, 0.15) is 0 Å². The summed E-state index contributed by atoms with van der Waals surface area (Å²) in [4.78, 5) is 10.9. The summed E-state index contributed by atoms with van der Waals surface area (Å²) in [6.07, 6.45) is -1.37. The SMILES string of the molecule is [O]C(=O)N(CCO)CCO. The van der Waals surface area contributed by atoms with E-state index in [1.165, 1.54) is 0 Å². The molecule has 2 N–H and O–H groups in total. The molecule has 0 spiro atoms. The number of carbonyl (C=O) groups is 1. The number of aliphatic hydroxyl groups is 2. The Morgan fingerprint density at radius 1 is 1.20 bits per heavy atom. The van der Waals surface area contributed by atoms with E-state index in [0.29, 0.717) is 0 Å². The lowest BCUT2D eigenvalue weighted by atomic mass is 10.5. The number of hydrogen-bond acceptors (Lipinski definition) is 3. The number of rotatable bonds is 4. The summed E-state index contributed by atoms with van der Waals surface area (Å²) < 4.78 is 0. The molecule has 59 valence electrons. The molecule has 0 saturated carbocycles. The largest absolute Gasteiger partial charge is 0.453 e. The van der Waals surface area contributed by atoms with Crippen molar-refractivity contribution < 1.29 is 20.1 Å². The third-order valence-electron chi connectivity index (χ3n) is 0.998. The van der Waals surface area contributed by atoms with E-state index in [-0.39, 0.29) is 26.3 Å². The lowest BCUT2D eigenvalue weighted by molar-refractivity contribution is 0.0990. The summed E-state index contributed by atoms with van der Waals surface area (Å²) in [5.74, 6) is 0. The predicted molar refractivity (Wildman–Crippen MR) is 31.8 cm³/mol. The molecule has 1 radical (unpaired) electrons. The van der Waals surface area contributed by atoms with Crippen LogP contribution in [0.15, 0.2) is 0 Å². The Morgan fingerprint density at radius 2 is 1.60 bits per heavy atom. The molecule has 5 heteroatoms. The van der Waals surface area contributed by atoms with Crippen molar-refractivity contribution in [2.24, 2.45) is 0 Å². The Hall–Kier alpha value is -0.810. The molecule has 0 aliphatic rings. The fourth-order valence-corrected chi connectivity index (χ4v) is 0.536. The quantitative estimate of drug-likeness (QED) is 0.526. The highest BCUT2D eigenvalue weighted by Crippen LogP contribution is 1.87. The molecule has 0 fully saturated rings. The van der Waals surface area contributed by atoms with Crippen molar-refractivity contribution in [2.75, 3.05) is 26.3 Å². The van der Waals surface area contributed by atoms with Gasteiger partial charge in [0.15, 0.2) is 0 Å². The standard InChI is InChI=1S/C5H10NO4/c7-3-1-6(2-4-8)5(9)10/h7-8H,1-4H2. The number of amides is 1. The summed E-state index contributed by atoms with van der Waals surface area (Å²) in [7, 11) is 0. The fourth-order valence-electron chi connectivity index (χ4n) is 0.536. The van der Waals surface area contributed by atoms with Gasteiger partial charge in [-0.25, -0.2) is 9.90 Å². The number of aliphatic hydroxyl groups excluding tert-OH is 2. The molecule has 0 saturated heterocycles. The van der Waals surface area contributed by atoms with Crippen LogP contribution in [0.4, 0.5) is 4.79 Å². The Morgan fingerprint density at radius 3 is 1.80 bits per heavy atom. The van der Waals surface area contributed by atoms with Crippen LogP contribution in [0, 0.1) is 0 Å². The highest BCUT2D eigenvalue weighted by Gasteiger charge is 2.10. The van der Waals surface area contributed by atoms with E-state index in [9.17, 15) is 9.90 Å². The zero-order chi connectivity index (χ0) is 7.98. The lowest BCUT2D eigenvalue weighted by Crippen LogP contribution is -2.33. The molecule has 5 nitrogen and oxygen atoms in total. The topological polar surface area (TPSA) is 80.7 Å². The van der Waals surface area contributed by atoms with Crippen molar-refractivity contribution in [1.29, 1.82) is 0 Å². The van der Waals surface area contributed by atoms with Crippen molar-refractivity contribution in [3.63, 3.8) is 0 Å². The van der Waals surface area contributed by atoms with Gasteiger partial charge in [-0.05, 0) is 0 Å². The fraction of sp³-hybridized carbons (Fsp3) is 0.800. The van der Waals surface area contributed by atoms with E-state index in [1.54, 1.807) is 0 Å². The molecule has 0 bridgehead atoms. The van der Waals surface area contributed by atoms with Crippen molar-refractivity contribution in [2.45, 2.75) is 0 Å². The number of hydrogen-bond donors (Lipinski definition) is 2. The molecule has 10 heavy (non-hydrogen) atoms. The molecule has 0 unspecified atom stereocenters. The predicted octanol–water partition coefficient (Wildman–Crippen LogP) is -1.18. The summed E-state index contributed by atoms with van der Waals surface area (Å²) in [6.45, 7) is -0.534. The van der Waals surface area contributed by atoms with E-state index >= 15 is 0 Å². The molecule has 1 amide bonds. The summed E-state index contributed by atoms with van der Waals surface area (Å²) >= 11 is 0. The van der Waals surface area contributed by atoms with Gasteiger partial charge < -0.3 is 15.1 Å². The van der Waals surface area contributed by atoms with Gasteiger partial charge in [-0.1, -0.05) is 0 Å². The first-order valence-corrected chi connectivity index (χ1v) is 2.90. The van der Waals surface area contributed by atoms with Gasteiger partial charge in [0.25, 0.3) is 0 Å². The molecule has 0 aromatic rings. The van der Waals surface area contributed by atoms with E-state index in [4.69, 9.17) is 10.2 Å². The second-order valence-electron chi connectivity index (χ2n) is 1.70. The van der Waals surface area contributed by atoms with Gasteiger partial charge in [0.1, 0.15) is 0 Å². The van der Waals surface area contributed by atoms with Crippen molar-refractivity contribution >= 4 is 6.09 Å². The van der Waals surface area contributed by atoms with Crippen LogP contribution in [-0.2, 0) is 5.11 Å². The monoisotopic (exact) mass is 148 g/mol. The summed E-state index contributed by atoms with van der Waals surface area (Å²) in [5, 5.41) is 26.7. The van der Waals surface area contributed by atoms with Crippen molar-refractivity contribution in [3.05, 3.63) is 0 Å². The molecule has 0 heterocycles. The molecule has 0 aliphatic carbocycles. The highest BCUT2D eigenvalue weighted by molar-refractivity contribution is 5.64. The van der Waals surface area contributed by atoms with E-state index in [1.807, 2.05) is 0 Å². The van der Waals surface area contributed by atoms with E-state index < -0.39 is 6.09 Å². The third kappa shape index (κ3) is 3.26. The van der Waals surface area contributed by atoms with Gasteiger partial charge in [0, 0.05) is 13.1 Å². The van der Waals surface area contributed by atoms with Gasteiger partial charge >= 0.3 is 6.09 Å². The molecule has 0 aromatic carbocycles. The number of carbonyl (C=O) groups excluding carboxylic acids is 1. The Kier molecular flexibility index (Phi) is 4.61. The van der Waals surface area contributed by atoms with E-state index in [0.717, 1.165) is 4.90 Å². The van der Waals surface area contributed by atoms with Gasteiger partial charge in [-0.15, -0.1) is 0 Å². The Balaban J connectivity index is 3.61. The summed E-state index contributed by atoms with van der Waals surface area (Å²) in [5.41, 5.74) is 0. The third-order valence-corrected chi connectivity index (χ3v) is 0.998. The maximum Gasteiger partial charge on any atom is 0.453 e. The van der Waals surface area contributed by atoms with Gasteiger partial charge in [-0.2, -0.15) is 0 Å². The molecule has 0 atom stereocenters. The minimum Gasteiger partial charge on any atom is -0.395 e. The Labute approximate surface area is 58.5 Å². The maximum atomic E-state index is 10.1. The minimum atomic E-state index is -1.37. The normalized spacial score (nSPS) is 9.40. The van der Waals surface area contributed by atoms with E-state index in [2.05, 4.69) is 0 Å². The van der Waals surface area contributed by atoms with Crippen molar-refractivity contribution in [3.8, 4) is 0 Å². The zero-order valence-electron chi connectivity index (χ0n) is 5.49. The smallest absolute Gasteiger partial charge is 0.395 e. The summed E-state index contributed by atoms with van der Waals surface area (Å²) in [6, 6.07) is 0. The first-order valence-electron chi connectivity index (χ1n) is 2.90. The van der Waals surface area contributed by atoms with Crippen LogP contribution in [0.2, 0.25) is 0 Å². The van der Waals surface area contributed by atoms with Crippen LogP contribution < -0.4 is 0 Å². The molecule has 0 rings (SSSR count). The van der Waals surface area contributed by atoms with Crippen molar-refractivity contribution in [1.82, 2.24) is 4.90 Å². The number of nitrogens with zero attached hydrogens (tertiary/aromatic N) is 1. The second-order valence-corrected chi connectivity index (χ2v) is 1.70. The minimum absolute atomic E-state index is 0.0110. The van der Waals surface area contributed by atoms with Crippen LogP contribution in [0.3, 0.4) is 0 Å². The van der Waals surface area contributed by atoms with Gasteiger partial charge in [0.2, 0.25) is 0 Å². The zero-order valence-corrected chi connectivity index (χ0v) is 5.49. The molecular weight excluding hydrogens is 138 g/mol. The first kappa shape index (κ1) is 9.19. The maximum absolute atomic E-state index is 10.1. The van der Waals surface area contributed by atoms with Crippen LogP contribution in [0.25, 0.3) is 0 Å². The van der Waals surface area contributed by atoms with Gasteiger partial charge in [-0.3, -0.25) is 0 Å².